The van der Waals surface area contributed by atoms with Crippen LogP contribution in [0.5, 0.6) is 0 Å². The lowest BCUT2D eigenvalue weighted by Crippen LogP contribution is -2.39. The van der Waals surface area contributed by atoms with Gasteiger partial charge in [0.2, 0.25) is 5.95 Å². The van der Waals surface area contributed by atoms with Gasteiger partial charge in [-0.15, -0.1) is 5.10 Å². The van der Waals surface area contributed by atoms with Crippen LogP contribution >= 0.6 is 15.9 Å². The lowest BCUT2D eigenvalue weighted by molar-refractivity contribution is 0.547. The number of pyridine rings is 1. The molecular formula is C10H14BrN5. The first kappa shape index (κ1) is 11.3. The average molecular weight is 284 g/mol. The number of rotatable bonds is 3. The van der Waals surface area contributed by atoms with Gasteiger partial charge in [-0.05, 0) is 41.9 Å². The van der Waals surface area contributed by atoms with Gasteiger partial charge in [-0.3, -0.25) is 0 Å². The smallest absolute Gasteiger partial charge is 0.243 e. The minimum absolute atomic E-state index is 0.283. The number of hydrogen-bond acceptors (Lipinski definition) is 4. The van der Waals surface area contributed by atoms with Crippen LogP contribution in [0, 0.1) is 0 Å². The van der Waals surface area contributed by atoms with E-state index in [2.05, 4.69) is 31.3 Å². The van der Waals surface area contributed by atoms with Gasteiger partial charge in [0.1, 0.15) is 0 Å². The highest BCUT2D eigenvalue weighted by atomic mass is 79.9. The quantitative estimate of drug-likeness (QED) is 0.899. The Morgan fingerprint density at radius 2 is 2.31 bits per heavy atom. The van der Waals surface area contributed by atoms with Gasteiger partial charge in [0.25, 0.3) is 0 Å². The maximum atomic E-state index is 5.87. The lowest BCUT2D eigenvalue weighted by Gasteiger charge is -2.17. The summed E-state index contributed by atoms with van der Waals surface area (Å²) in [5.74, 6) is 0.588. The van der Waals surface area contributed by atoms with Gasteiger partial charge in [0.15, 0.2) is 5.65 Å². The van der Waals surface area contributed by atoms with Gasteiger partial charge >= 0.3 is 0 Å². The SMILES string of the molecule is CC(C)(N)CNc1nc2c(Br)cccn2n1. The summed E-state index contributed by atoms with van der Waals surface area (Å²) in [5.41, 5.74) is 6.38. The highest BCUT2D eigenvalue weighted by Gasteiger charge is 2.12. The number of nitrogens with zero attached hydrogens (tertiary/aromatic N) is 3. The molecule has 0 aliphatic heterocycles. The fraction of sp³-hybridized carbons (Fsp3) is 0.400. The number of aromatic nitrogens is 3. The summed E-state index contributed by atoms with van der Waals surface area (Å²) in [5, 5.41) is 7.40. The summed E-state index contributed by atoms with van der Waals surface area (Å²) in [6.07, 6.45) is 1.85. The lowest BCUT2D eigenvalue weighted by atomic mass is 10.1. The molecule has 0 unspecified atom stereocenters. The van der Waals surface area contributed by atoms with E-state index in [1.54, 1.807) is 4.52 Å². The van der Waals surface area contributed by atoms with Gasteiger partial charge in [-0.2, -0.15) is 4.98 Å². The van der Waals surface area contributed by atoms with E-state index in [4.69, 9.17) is 5.73 Å². The predicted molar refractivity (Wildman–Crippen MR) is 67.4 cm³/mol. The van der Waals surface area contributed by atoms with Crippen LogP contribution in [-0.2, 0) is 0 Å². The fourth-order valence-corrected chi connectivity index (χ4v) is 1.68. The van der Waals surface area contributed by atoms with Gasteiger partial charge in [0.05, 0.1) is 4.47 Å². The molecule has 2 aromatic heterocycles. The molecule has 0 aromatic carbocycles. The molecule has 6 heteroatoms. The molecule has 2 aromatic rings. The van der Waals surface area contributed by atoms with E-state index in [0.717, 1.165) is 10.1 Å². The Balaban J connectivity index is 2.24. The second-order valence-corrected chi connectivity index (χ2v) is 5.26. The molecular weight excluding hydrogens is 270 g/mol. The Kier molecular flexibility index (Phi) is 2.86. The molecule has 0 saturated heterocycles. The molecule has 0 bridgehead atoms. The third-order valence-corrected chi connectivity index (χ3v) is 2.64. The Bertz CT molecular complexity index is 499. The number of nitrogens with two attached hydrogens (primary N) is 1. The predicted octanol–water partition coefficient (Wildman–Crippen LogP) is 1.64. The van der Waals surface area contributed by atoms with Gasteiger partial charge in [-0.1, -0.05) is 0 Å². The van der Waals surface area contributed by atoms with Crippen LogP contribution in [0.25, 0.3) is 5.65 Å². The second-order valence-electron chi connectivity index (χ2n) is 4.40. The van der Waals surface area contributed by atoms with Gasteiger partial charge in [-0.25, -0.2) is 4.52 Å². The first-order valence-electron chi connectivity index (χ1n) is 4.99. The third-order valence-electron chi connectivity index (χ3n) is 2.02. The molecule has 0 saturated carbocycles. The zero-order valence-corrected chi connectivity index (χ0v) is 10.8. The maximum Gasteiger partial charge on any atom is 0.243 e. The first-order valence-corrected chi connectivity index (χ1v) is 5.79. The van der Waals surface area contributed by atoms with Crippen molar-refractivity contribution < 1.29 is 0 Å². The van der Waals surface area contributed by atoms with Crippen LogP contribution < -0.4 is 11.1 Å². The molecule has 86 valence electrons. The summed E-state index contributed by atoms with van der Waals surface area (Å²) in [6.45, 7) is 4.53. The molecule has 0 atom stereocenters. The number of anilines is 1. The summed E-state index contributed by atoms with van der Waals surface area (Å²) in [4.78, 5) is 4.35. The Hall–Kier alpha value is -1.14. The molecule has 0 aliphatic carbocycles. The van der Waals surface area contributed by atoms with Crippen LogP contribution in [0.15, 0.2) is 22.8 Å². The molecule has 3 N–H and O–H groups in total. The second kappa shape index (κ2) is 4.03. The Morgan fingerprint density at radius 1 is 1.56 bits per heavy atom. The zero-order chi connectivity index (χ0) is 11.8. The highest BCUT2D eigenvalue weighted by Crippen LogP contribution is 2.16. The third kappa shape index (κ3) is 2.51. The van der Waals surface area contributed by atoms with Crippen LogP contribution in [0.1, 0.15) is 13.8 Å². The van der Waals surface area contributed by atoms with Crippen molar-refractivity contribution in [2.45, 2.75) is 19.4 Å². The standard InChI is InChI=1S/C10H14BrN5/c1-10(2,12)6-13-9-14-8-7(11)4-3-5-16(8)15-9/h3-5H,6,12H2,1-2H3,(H,13,15). The van der Waals surface area contributed by atoms with Crippen molar-refractivity contribution in [2.75, 3.05) is 11.9 Å². The van der Waals surface area contributed by atoms with Gasteiger partial charge in [0, 0.05) is 18.3 Å². The fourth-order valence-electron chi connectivity index (χ4n) is 1.26. The van der Waals surface area contributed by atoms with Crippen molar-refractivity contribution in [2.24, 2.45) is 5.73 Å². The van der Waals surface area contributed by atoms with Crippen molar-refractivity contribution in [3.8, 4) is 0 Å². The highest BCUT2D eigenvalue weighted by molar-refractivity contribution is 9.10. The number of nitrogens with one attached hydrogen (secondary N) is 1. The van der Waals surface area contributed by atoms with E-state index in [-0.39, 0.29) is 5.54 Å². The average Bonchev–Trinajstić information content (AvgIpc) is 2.58. The van der Waals surface area contributed by atoms with Crippen LogP contribution in [-0.4, -0.2) is 26.7 Å². The number of halogens is 1. The Labute approximate surface area is 102 Å². The van der Waals surface area contributed by atoms with E-state index < -0.39 is 0 Å². The summed E-state index contributed by atoms with van der Waals surface area (Å²) in [6, 6.07) is 3.84. The topological polar surface area (TPSA) is 68.2 Å². The van der Waals surface area contributed by atoms with Crippen molar-refractivity contribution in [3.05, 3.63) is 22.8 Å². The van der Waals surface area contributed by atoms with E-state index >= 15 is 0 Å². The van der Waals surface area contributed by atoms with E-state index in [1.807, 2.05) is 32.2 Å². The molecule has 2 heterocycles. The Morgan fingerprint density at radius 3 is 2.94 bits per heavy atom. The van der Waals surface area contributed by atoms with Crippen molar-refractivity contribution in [1.29, 1.82) is 0 Å². The van der Waals surface area contributed by atoms with Crippen molar-refractivity contribution in [1.82, 2.24) is 14.6 Å². The van der Waals surface area contributed by atoms with Crippen LogP contribution in [0.3, 0.4) is 0 Å². The summed E-state index contributed by atoms with van der Waals surface area (Å²) in [7, 11) is 0. The van der Waals surface area contributed by atoms with E-state index in [1.165, 1.54) is 0 Å². The molecule has 0 spiro atoms. The van der Waals surface area contributed by atoms with Gasteiger partial charge < -0.3 is 11.1 Å². The van der Waals surface area contributed by atoms with E-state index in [0.29, 0.717) is 12.5 Å². The number of fused-ring (bicyclic) bond motifs is 1. The van der Waals surface area contributed by atoms with Crippen molar-refractivity contribution in [3.63, 3.8) is 0 Å². The molecule has 16 heavy (non-hydrogen) atoms. The van der Waals surface area contributed by atoms with Crippen LogP contribution in [0.2, 0.25) is 0 Å². The molecule has 0 radical (unpaired) electrons. The molecule has 2 rings (SSSR count). The molecule has 0 aliphatic rings. The molecule has 0 amide bonds. The van der Waals surface area contributed by atoms with E-state index in [9.17, 15) is 0 Å². The maximum absolute atomic E-state index is 5.87. The first-order chi connectivity index (χ1) is 7.46. The normalized spacial score (nSPS) is 12.0. The minimum atomic E-state index is -0.283. The monoisotopic (exact) mass is 283 g/mol. The van der Waals surface area contributed by atoms with Crippen LogP contribution in [0.4, 0.5) is 5.95 Å². The minimum Gasteiger partial charge on any atom is -0.351 e. The molecule has 5 nitrogen and oxygen atoms in total. The largest absolute Gasteiger partial charge is 0.351 e. The zero-order valence-electron chi connectivity index (χ0n) is 9.24. The molecule has 0 fully saturated rings. The summed E-state index contributed by atoms with van der Waals surface area (Å²) < 4.78 is 2.64. The summed E-state index contributed by atoms with van der Waals surface area (Å²) >= 11 is 3.42. The number of hydrogen-bond donors (Lipinski definition) is 2. The van der Waals surface area contributed by atoms with Crippen molar-refractivity contribution >= 4 is 27.5 Å².